The lowest BCUT2D eigenvalue weighted by Crippen LogP contribution is -2.36. The van der Waals surface area contributed by atoms with E-state index in [9.17, 15) is 4.21 Å². The normalized spacial score (nSPS) is 16.2. The van der Waals surface area contributed by atoms with Gasteiger partial charge in [-0.2, -0.15) is 0 Å². The molecular formula is C17H20N6OS. The highest BCUT2D eigenvalue weighted by molar-refractivity contribution is 7.83. The lowest BCUT2D eigenvalue weighted by Gasteiger charge is -2.25. The number of hydrogen-bond donors (Lipinski definition) is 2. The van der Waals surface area contributed by atoms with Gasteiger partial charge in [-0.15, -0.1) is 8.80 Å². The van der Waals surface area contributed by atoms with E-state index in [1.165, 1.54) is 0 Å². The summed E-state index contributed by atoms with van der Waals surface area (Å²) in [6.45, 7) is 2.30. The third kappa shape index (κ3) is 4.87. The Morgan fingerprint density at radius 2 is 1.96 bits per heavy atom. The summed E-state index contributed by atoms with van der Waals surface area (Å²) in [6.07, 6.45) is 4.53. The van der Waals surface area contributed by atoms with E-state index in [-0.39, 0.29) is 5.84 Å². The number of anilines is 1. The third-order valence-electron chi connectivity index (χ3n) is 3.70. The summed E-state index contributed by atoms with van der Waals surface area (Å²) in [5, 5.41) is 3.09. The predicted octanol–water partition coefficient (Wildman–Crippen LogP) is 1.42. The molecule has 0 fully saturated rings. The molecule has 1 atom stereocenters. The van der Waals surface area contributed by atoms with Crippen molar-refractivity contribution in [2.24, 2.45) is 14.5 Å². The van der Waals surface area contributed by atoms with Gasteiger partial charge in [0.15, 0.2) is 11.7 Å². The zero-order chi connectivity index (χ0) is 17.5. The van der Waals surface area contributed by atoms with E-state index in [1.807, 2.05) is 30.5 Å². The second-order valence-electron chi connectivity index (χ2n) is 5.55. The number of nitrogens with one attached hydrogen (secondary N) is 1. The maximum Gasteiger partial charge on any atom is 0.269 e. The molecule has 3 N–H and O–H groups in total. The molecule has 3 rings (SSSR count). The van der Waals surface area contributed by atoms with Gasteiger partial charge in [-0.1, -0.05) is 24.3 Å². The van der Waals surface area contributed by atoms with Crippen LogP contribution in [0.2, 0.25) is 0 Å². The summed E-state index contributed by atoms with van der Waals surface area (Å²) in [4.78, 5) is 6.48. The fraction of sp³-hybridized carbons (Fsp3) is 0.235. The Morgan fingerprint density at radius 1 is 1.12 bits per heavy atom. The Labute approximate surface area is 149 Å². The summed E-state index contributed by atoms with van der Waals surface area (Å²) < 4.78 is 18.7. The van der Waals surface area contributed by atoms with Crippen LogP contribution in [0.15, 0.2) is 63.7 Å². The van der Waals surface area contributed by atoms with Gasteiger partial charge in [0.2, 0.25) is 0 Å². The molecule has 1 aromatic heterocycles. The Bertz CT molecular complexity index is 778. The average Bonchev–Trinajstić information content (AvgIpc) is 2.96. The molecule has 130 valence electrons. The van der Waals surface area contributed by atoms with E-state index in [4.69, 9.17) is 5.73 Å². The zero-order valence-electron chi connectivity index (χ0n) is 13.7. The summed E-state index contributed by atoms with van der Waals surface area (Å²) in [5.74, 6) is 0.616. The first-order chi connectivity index (χ1) is 12.2. The standard InChI is InChI=1S/C17H20N6OS/c18-16-17(22-25(24)21-16)20-10-5-11-23(15-7-2-1-3-8-15)13-14-6-4-9-19-12-14/h1-4,6-9,12H,5,10-11,13H2,(H2,18,21)(H,20,22). The number of pyridine rings is 1. The number of rotatable bonds is 7. The minimum Gasteiger partial charge on any atom is -0.380 e. The zero-order valence-corrected chi connectivity index (χ0v) is 14.5. The highest BCUT2D eigenvalue weighted by Gasteiger charge is 2.15. The molecule has 7 nitrogen and oxygen atoms in total. The maximum absolute atomic E-state index is 11.2. The molecule has 0 aliphatic carbocycles. The lowest BCUT2D eigenvalue weighted by molar-refractivity contribution is 0.686. The number of nitrogens with zero attached hydrogens (tertiary/aromatic N) is 4. The van der Waals surface area contributed by atoms with Gasteiger partial charge in [-0.05, 0) is 30.2 Å². The van der Waals surface area contributed by atoms with Crippen molar-refractivity contribution in [2.45, 2.75) is 13.0 Å². The van der Waals surface area contributed by atoms with Gasteiger partial charge in [0.25, 0.3) is 11.2 Å². The molecule has 8 heteroatoms. The van der Waals surface area contributed by atoms with E-state index in [2.05, 4.69) is 42.2 Å². The Hall–Kier alpha value is -2.74. The highest BCUT2D eigenvalue weighted by atomic mass is 32.2. The van der Waals surface area contributed by atoms with Crippen molar-refractivity contribution < 1.29 is 4.21 Å². The molecule has 0 bridgehead atoms. The first-order valence-corrected chi connectivity index (χ1v) is 9.07. The van der Waals surface area contributed by atoms with Crippen molar-refractivity contribution in [3.05, 3.63) is 60.4 Å². The highest BCUT2D eigenvalue weighted by Crippen LogP contribution is 2.16. The molecule has 0 amide bonds. The van der Waals surface area contributed by atoms with Gasteiger partial charge in [0, 0.05) is 37.7 Å². The smallest absolute Gasteiger partial charge is 0.269 e. The van der Waals surface area contributed by atoms with Crippen molar-refractivity contribution in [1.82, 2.24) is 10.3 Å². The quantitative estimate of drug-likeness (QED) is 0.732. The molecule has 0 spiro atoms. The monoisotopic (exact) mass is 356 g/mol. The minimum absolute atomic E-state index is 0.202. The molecule has 1 aromatic carbocycles. The number of aromatic nitrogens is 1. The van der Waals surface area contributed by atoms with Crippen molar-refractivity contribution in [1.29, 1.82) is 0 Å². The molecule has 1 aliphatic heterocycles. The largest absolute Gasteiger partial charge is 0.380 e. The first-order valence-electron chi connectivity index (χ1n) is 8.00. The van der Waals surface area contributed by atoms with Crippen LogP contribution < -0.4 is 16.0 Å². The molecule has 2 aromatic rings. The molecule has 0 radical (unpaired) electrons. The summed E-state index contributed by atoms with van der Waals surface area (Å²) in [5.41, 5.74) is 7.97. The SMILES string of the molecule is NC1=NS(=O)N=C1NCCCN(Cc1cccnc1)c1ccccc1. The van der Waals surface area contributed by atoms with Gasteiger partial charge in [0.1, 0.15) is 0 Å². The van der Waals surface area contributed by atoms with Crippen LogP contribution in [0.1, 0.15) is 12.0 Å². The van der Waals surface area contributed by atoms with E-state index in [1.54, 1.807) is 6.20 Å². The van der Waals surface area contributed by atoms with E-state index >= 15 is 0 Å². The second kappa shape index (κ2) is 8.39. The molecule has 1 aliphatic rings. The number of benzene rings is 1. The van der Waals surface area contributed by atoms with Crippen LogP contribution >= 0.6 is 0 Å². The predicted molar refractivity (Wildman–Crippen MR) is 102 cm³/mol. The van der Waals surface area contributed by atoms with Gasteiger partial charge < -0.3 is 16.0 Å². The van der Waals surface area contributed by atoms with Crippen molar-refractivity contribution >= 4 is 28.5 Å². The first kappa shape index (κ1) is 17.1. The number of hydrogen-bond acceptors (Lipinski definition) is 5. The molecule has 0 saturated carbocycles. The number of amidine groups is 2. The van der Waals surface area contributed by atoms with Crippen LogP contribution in [0.3, 0.4) is 0 Å². The van der Waals surface area contributed by atoms with Crippen LogP contribution in [0.25, 0.3) is 0 Å². The molecule has 2 heterocycles. The van der Waals surface area contributed by atoms with Crippen LogP contribution in [0.5, 0.6) is 0 Å². The van der Waals surface area contributed by atoms with E-state index < -0.39 is 11.2 Å². The second-order valence-corrected chi connectivity index (χ2v) is 6.37. The average molecular weight is 356 g/mol. The Kier molecular flexibility index (Phi) is 5.73. The lowest BCUT2D eigenvalue weighted by atomic mass is 10.2. The van der Waals surface area contributed by atoms with Crippen molar-refractivity contribution in [2.75, 3.05) is 18.0 Å². The van der Waals surface area contributed by atoms with E-state index in [0.717, 1.165) is 30.8 Å². The van der Waals surface area contributed by atoms with E-state index in [0.29, 0.717) is 12.4 Å². The number of nitrogens with two attached hydrogens (primary N) is 1. The maximum atomic E-state index is 11.2. The van der Waals surface area contributed by atoms with Crippen LogP contribution in [0, 0.1) is 0 Å². The van der Waals surface area contributed by atoms with Crippen LogP contribution in [-0.4, -0.2) is 34.0 Å². The van der Waals surface area contributed by atoms with Gasteiger partial charge in [0.05, 0.1) is 0 Å². The third-order valence-corrected chi connectivity index (χ3v) is 4.39. The van der Waals surface area contributed by atoms with Crippen molar-refractivity contribution in [3.8, 4) is 0 Å². The van der Waals surface area contributed by atoms with Crippen molar-refractivity contribution in [3.63, 3.8) is 0 Å². The van der Waals surface area contributed by atoms with Crippen LogP contribution in [0.4, 0.5) is 5.69 Å². The fourth-order valence-electron chi connectivity index (χ4n) is 2.52. The van der Waals surface area contributed by atoms with Gasteiger partial charge >= 0.3 is 0 Å². The summed E-state index contributed by atoms with van der Waals surface area (Å²) in [6, 6.07) is 14.3. The summed E-state index contributed by atoms with van der Waals surface area (Å²) in [7, 11) is 0. The Morgan fingerprint density at radius 3 is 2.64 bits per heavy atom. The van der Waals surface area contributed by atoms with Gasteiger partial charge in [-0.25, -0.2) is 4.21 Å². The van der Waals surface area contributed by atoms with Crippen LogP contribution in [-0.2, 0) is 17.7 Å². The molecular weight excluding hydrogens is 336 g/mol. The topological polar surface area (TPSA) is 96.0 Å². The molecule has 1 unspecified atom stereocenters. The Balaban J connectivity index is 1.58. The molecule has 25 heavy (non-hydrogen) atoms. The fourth-order valence-corrected chi connectivity index (χ4v) is 3.13. The number of para-hydroxylation sites is 1. The van der Waals surface area contributed by atoms with Gasteiger partial charge in [-0.3, -0.25) is 4.98 Å². The summed E-state index contributed by atoms with van der Waals surface area (Å²) >= 11 is -1.58. The minimum atomic E-state index is -1.58. The molecule has 0 saturated heterocycles.